The molecule has 1 aliphatic carbocycles. The van der Waals surface area contributed by atoms with Crippen LogP contribution < -0.4 is 24.8 Å². The molecule has 0 N–H and O–H groups in total. The standard InChI is InChI=1S/C21H13.C21H26.C5H5.2ClH.Hf/c1-2-8-15-14(7-1)13-20-18-11-4-3-9-16(18)17-10-5-6-12-19(17)21(15)20;1-20(2,3)18-11-7-16(8-12-18)15-17-9-13-19(14-10-17)21(4,5)6;1-2-4-5-3-1;;;/h1-10,12H,13H2;7-14H,1-6H3;1-5H;2*1H;/q-1;;-1;;;+2/p-2. The summed E-state index contributed by atoms with van der Waals surface area (Å²) in [6.45, 7) is 13.6. The molecule has 0 amide bonds. The van der Waals surface area contributed by atoms with Gasteiger partial charge in [0.1, 0.15) is 0 Å². The predicted octanol–water partition coefficient (Wildman–Crippen LogP) is 6.18. The molecule has 0 aliphatic heterocycles. The van der Waals surface area contributed by atoms with Crippen molar-refractivity contribution < 1.29 is 48.7 Å². The third kappa shape index (κ3) is 8.68. The molecule has 0 nitrogen and oxygen atoms in total. The molecule has 0 radical (unpaired) electrons. The molecule has 50 heavy (non-hydrogen) atoms. The zero-order chi connectivity index (χ0) is 33.9. The molecule has 3 heteroatoms. The zero-order valence-corrected chi connectivity index (χ0v) is 34.9. The van der Waals surface area contributed by atoms with Crippen LogP contribution >= 0.6 is 0 Å². The normalized spacial score (nSPS) is 11.5. The van der Waals surface area contributed by atoms with Gasteiger partial charge in [0.05, 0.1) is 0 Å². The van der Waals surface area contributed by atoms with Crippen molar-refractivity contribution in [3.8, 4) is 11.1 Å². The van der Waals surface area contributed by atoms with Crippen LogP contribution in [0.3, 0.4) is 0 Å². The summed E-state index contributed by atoms with van der Waals surface area (Å²) in [5.41, 5.74) is 11.6. The Morgan fingerprint density at radius 1 is 0.580 bits per heavy atom. The van der Waals surface area contributed by atoms with Crippen molar-refractivity contribution in [1.82, 2.24) is 0 Å². The molecule has 7 aromatic rings. The van der Waals surface area contributed by atoms with E-state index in [-0.39, 0.29) is 35.6 Å². The fourth-order valence-corrected chi connectivity index (χ4v) is 7.69. The van der Waals surface area contributed by atoms with E-state index in [2.05, 4.69) is 157 Å². The van der Waals surface area contributed by atoms with Crippen molar-refractivity contribution in [3.63, 3.8) is 0 Å². The molecule has 0 aromatic heterocycles. The van der Waals surface area contributed by atoms with Crippen molar-refractivity contribution in [2.45, 2.75) is 58.8 Å². The first-order valence-electron chi connectivity index (χ1n) is 16.9. The van der Waals surface area contributed by atoms with Crippen LogP contribution in [0.5, 0.6) is 0 Å². The Hall–Kier alpha value is -3.49. The largest absolute Gasteiger partial charge is 1.00 e. The summed E-state index contributed by atoms with van der Waals surface area (Å²) in [7, 11) is 0. The number of rotatable bonds is 2. The molecule has 7 aromatic carbocycles. The summed E-state index contributed by atoms with van der Waals surface area (Å²) in [4.78, 5) is 0. The van der Waals surface area contributed by atoms with E-state index in [1.54, 1.807) is 0 Å². The Kier molecular flexibility index (Phi) is 13.1. The van der Waals surface area contributed by atoms with Gasteiger partial charge in [-0.15, -0.1) is 40.6 Å². The second-order valence-corrected chi connectivity index (χ2v) is 16.5. The van der Waals surface area contributed by atoms with Gasteiger partial charge in [-0.05, 0) is 28.5 Å². The Morgan fingerprint density at radius 2 is 1.08 bits per heavy atom. The molecule has 1 aliphatic rings. The number of benzene rings is 6. The smallest absolute Gasteiger partial charge is 0.0240 e. The summed E-state index contributed by atoms with van der Waals surface area (Å²) in [6.07, 6.45) is 1.02. The van der Waals surface area contributed by atoms with Crippen LogP contribution in [0.25, 0.3) is 32.7 Å². The monoisotopic (exact) mass is 858 g/mol. The summed E-state index contributed by atoms with van der Waals surface area (Å²) in [5.74, 6) is 0. The molecule has 0 saturated carbocycles. The maximum absolute atomic E-state index is 3.48. The van der Waals surface area contributed by atoms with Gasteiger partial charge in [-0.25, -0.2) is 12.1 Å². The molecule has 252 valence electrons. The second kappa shape index (κ2) is 16.7. The van der Waals surface area contributed by atoms with Gasteiger partial charge in [-0.2, -0.15) is 18.2 Å². The van der Waals surface area contributed by atoms with Gasteiger partial charge in [0.15, 0.2) is 0 Å². The van der Waals surface area contributed by atoms with Crippen LogP contribution in [-0.4, -0.2) is 3.26 Å². The summed E-state index contributed by atoms with van der Waals surface area (Å²) < 4.78 is 1.47. The average molecular weight is 858 g/mol. The van der Waals surface area contributed by atoms with E-state index in [0.717, 1.165) is 30.3 Å². The third-order valence-corrected chi connectivity index (χ3v) is 11.3. The van der Waals surface area contributed by atoms with Crippen LogP contribution in [0, 0.1) is 6.07 Å². The Balaban J connectivity index is 0.000000190. The fourth-order valence-electron chi connectivity index (χ4n) is 6.49. The average Bonchev–Trinajstić information content (AvgIpc) is 3.81. The van der Waals surface area contributed by atoms with Gasteiger partial charge < -0.3 is 24.8 Å². The van der Waals surface area contributed by atoms with Gasteiger partial charge in [0.2, 0.25) is 0 Å². The van der Waals surface area contributed by atoms with Gasteiger partial charge in [-0.1, -0.05) is 53.9 Å². The van der Waals surface area contributed by atoms with Crippen LogP contribution in [0.15, 0.2) is 146 Å². The number of halogens is 2. The first kappa shape index (κ1) is 39.3. The molecule has 0 spiro atoms. The van der Waals surface area contributed by atoms with E-state index in [0.29, 0.717) is 0 Å². The van der Waals surface area contributed by atoms with E-state index in [9.17, 15) is 0 Å². The van der Waals surface area contributed by atoms with E-state index < -0.39 is 0 Å². The molecule has 0 atom stereocenters. The predicted molar refractivity (Wildman–Crippen MR) is 204 cm³/mol. The Morgan fingerprint density at radius 3 is 1.60 bits per heavy atom. The Labute approximate surface area is 326 Å². The van der Waals surface area contributed by atoms with Gasteiger partial charge >= 0.3 is 150 Å². The number of hydrogen-bond acceptors (Lipinski definition) is 0. The maximum atomic E-state index is 3.48. The number of hydrogen-bond donors (Lipinski definition) is 0. The van der Waals surface area contributed by atoms with Crippen molar-refractivity contribution in [2.75, 3.05) is 0 Å². The number of fused-ring (bicyclic) bond motifs is 8. The van der Waals surface area contributed by atoms with Crippen molar-refractivity contribution >= 4 is 24.8 Å². The summed E-state index contributed by atoms with van der Waals surface area (Å²) in [6, 6.07) is 55.6. The zero-order valence-electron chi connectivity index (χ0n) is 29.8. The molecule has 0 unspecified atom stereocenters. The SMILES string of the molecule is CC(C)(C)c1ccc([C](=[Hf+2])c2ccc(C(C)(C)C)cc2)cc1.[Cl-].[Cl-].[c-]1cccc2c1c1c(c3ccccc32)-c2ccccc2C1.c1cc[cH-]c1. The first-order valence-corrected chi connectivity index (χ1v) is 18.7. The Bertz CT molecular complexity index is 2080. The molecule has 8 rings (SSSR count). The minimum atomic E-state index is 0. The molecule has 0 heterocycles. The second-order valence-electron chi connectivity index (χ2n) is 14.7. The third-order valence-electron chi connectivity index (χ3n) is 9.23. The summed E-state index contributed by atoms with van der Waals surface area (Å²) in [5, 5.41) is 5.30. The van der Waals surface area contributed by atoms with Crippen molar-refractivity contribution in [3.05, 3.63) is 185 Å². The van der Waals surface area contributed by atoms with Crippen molar-refractivity contribution in [2.24, 2.45) is 0 Å². The van der Waals surface area contributed by atoms with Gasteiger partial charge in [0, 0.05) is 0 Å². The van der Waals surface area contributed by atoms with Crippen LogP contribution in [0.2, 0.25) is 0 Å². The molecular weight excluding hydrogens is 814 g/mol. The van der Waals surface area contributed by atoms with Crippen LogP contribution in [0.4, 0.5) is 0 Å². The molecule has 0 saturated heterocycles. The van der Waals surface area contributed by atoms with E-state index in [4.69, 9.17) is 0 Å². The maximum Gasteiger partial charge on any atom is -0.0240 e. The minimum Gasteiger partial charge on any atom is -1.00 e. The van der Waals surface area contributed by atoms with Crippen LogP contribution in [-0.2, 0) is 41.1 Å². The van der Waals surface area contributed by atoms with Crippen LogP contribution in [0.1, 0.15) is 74.9 Å². The van der Waals surface area contributed by atoms with E-state index >= 15 is 0 Å². The summed E-state index contributed by atoms with van der Waals surface area (Å²) >= 11 is 1.06. The van der Waals surface area contributed by atoms with Gasteiger partial charge in [0.25, 0.3) is 0 Å². The fraction of sp³-hybridized carbons (Fsp3) is 0.191. The minimum absolute atomic E-state index is 0. The topological polar surface area (TPSA) is 0 Å². The van der Waals surface area contributed by atoms with E-state index in [1.807, 2.05) is 36.4 Å². The molecule has 0 bridgehead atoms. The molecule has 0 fully saturated rings. The molecular formula is C47H44Cl2Hf-2. The first-order chi connectivity index (χ1) is 23.0. The van der Waals surface area contributed by atoms with Gasteiger partial charge in [-0.3, -0.25) is 0 Å². The quantitative estimate of drug-likeness (QED) is 0.111. The van der Waals surface area contributed by atoms with E-state index in [1.165, 1.54) is 69.3 Å². The van der Waals surface area contributed by atoms with Crippen molar-refractivity contribution in [1.29, 1.82) is 0 Å².